The SMILES string of the molecule is C=C(C)Oc1c(C)c(C)c(F)c(P)c1F. The van der Waals surface area contributed by atoms with E-state index in [9.17, 15) is 8.78 Å². The number of rotatable bonds is 2. The van der Waals surface area contributed by atoms with Crippen LogP contribution in [0.5, 0.6) is 5.75 Å². The van der Waals surface area contributed by atoms with Crippen LogP contribution in [0.3, 0.4) is 0 Å². The fraction of sp³-hybridized carbons (Fsp3) is 0.273. The number of halogens is 2. The fourth-order valence-corrected chi connectivity index (χ4v) is 1.56. The summed E-state index contributed by atoms with van der Waals surface area (Å²) in [5.41, 5.74) is 0.844. The molecule has 0 bridgehead atoms. The van der Waals surface area contributed by atoms with Crippen molar-refractivity contribution in [2.24, 2.45) is 0 Å². The normalized spacial score (nSPS) is 10.3. The van der Waals surface area contributed by atoms with Crippen LogP contribution in [-0.2, 0) is 0 Å². The highest BCUT2D eigenvalue weighted by Gasteiger charge is 2.18. The minimum Gasteiger partial charge on any atom is -0.459 e. The van der Waals surface area contributed by atoms with Crippen molar-refractivity contribution in [3.05, 3.63) is 35.1 Å². The Morgan fingerprint density at radius 2 is 1.73 bits per heavy atom. The molecule has 1 aromatic rings. The molecule has 0 aliphatic rings. The zero-order valence-electron chi connectivity index (χ0n) is 8.95. The molecule has 1 nitrogen and oxygen atoms in total. The molecule has 1 aromatic carbocycles. The van der Waals surface area contributed by atoms with Crippen molar-refractivity contribution in [3.8, 4) is 5.75 Å². The first-order valence-electron chi connectivity index (χ1n) is 4.43. The van der Waals surface area contributed by atoms with E-state index in [1.54, 1.807) is 20.8 Å². The van der Waals surface area contributed by atoms with E-state index >= 15 is 0 Å². The number of ether oxygens (including phenoxy) is 1. The monoisotopic (exact) mass is 230 g/mol. The van der Waals surface area contributed by atoms with Gasteiger partial charge in [0, 0.05) is 10.9 Å². The van der Waals surface area contributed by atoms with E-state index in [-0.39, 0.29) is 11.1 Å². The Morgan fingerprint density at radius 3 is 2.20 bits per heavy atom. The van der Waals surface area contributed by atoms with E-state index in [1.807, 2.05) is 9.24 Å². The van der Waals surface area contributed by atoms with Crippen molar-refractivity contribution in [2.45, 2.75) is 20.8 Å². The molecule has 82 valence electrons. The minimum absolute atomic E-state index is 0.0476. The van der Waals surface area contributed by atoms with Crippen LogP contribution in [0.1, 0.15) is 18.1 Å². The van der Waals surface area contributed by atoms with Crippen LogP contribution in [0.15, 0.2) is 12.3 Å². The van der Waals surface area contributed by atoms with E-state index in [0.717, 1.165) is 0 Å². The van der Waals surface area contributed by atoms with E-state index < -0.39 is 11.6 Å². The zero-order valence-corrected chi connectivity index (χ0v) is 10.1. The molecule has 0 heterocycles. The summed E-state index contributed by atoms with van der Waals surface area (Å²) in [7, 11) is 2.04. The number of benzene rings is 1. The van der Waals surface area contributed by atoms with E-state index in [1.165, 1.54) is 0 Å². The lowest BCUT2D eigenvalue weighted by Crippen LogP contribution is -2.12. The number of hydrogen-bond donors (Lipinski definition) is 0. The van der Waals surface area contributed by atoms with Crippen LogP contribution in [0.2, 0.25) is 0 Å². The maximum absolute atomic E-state index is 13.6. The van der Waals surface area contributed by atoms with E-state index in [0.29, 0.717) is 16.9 Å². The highest BCUT2D eigenvalue weighted by Crippen LogP contribution is 2.28. The van der Waals surface area contributed by atoms with Crippen LogP contribution >= 0.6 is 9.24 Å². The maximum Gasteiger partial charge on any atom is 0.176 e. The summed E-state index contributed by atoms with van der Waals surface area (Å²) in [6.45, 7) is 8.34. The molecule has 0 N–H and O–H groups in total. The van der Waals surface area contributed by atoms with Gasteiger partial charge in [-0.2, -0.15) is 0 Å². The van der Waals surface area contributed by atoms with Gasteiger partial charge in [-0.3, -0.25) is 0 Å². The molecular weight excluding hydrogens is 217 g/mol. The number of allylic oxidation sites excluding steroid dienone is 1. The molecule has 0 aliphatic carbocycles. The van der Waals surface area contributed by atoms with Gasteiger partial charge >= 0.3 is 0 Å². The second-order valence-corrected chi connectivity index (χ2v) is 4.00. The lowest BCUT2D eigenvalue weighted by Gasteiger charge is -2.14. The van der Waals surface area contributed by atoms with Crippen molar-refractivity contribution < 1.29 is 13.5 Å². The largest absolute Gasteiger partial charge is 0.459 e. The van der Waals surface area contributed by atoms with Crippen molar-refractivity contribution in [2.75, 3.05) is 0 Å². The summed E-state index contributed by atoms with van der Waals surface area (Å²) in [6.07, 6.45) is 0. The Labute approximate surface area is 90.3 Å². The lowest BCUT2D eigenvalue weighted by molar-refractivity contribution is 0.396. The molecule has 0 amide bonds. The Hall–Kier alpha value is -0.950. The van der Waals surface area contributed by atoms with Gasteiger partial charge in [-0.05, 0) is 26.3 Å². The average Bonchev–Trinajstić information content (AvgIpc) is 2.18. The highest BCUT2D eigenvalue weighted by molar-refractivity contribution is 7.27. The first-order chi connectivity index (χ1) is 6.86. The molecule has 4 heteroatoms. The van der Waals surface area contributed by atoms with Gasteiger partial charge < -0.3 is 4.74 Å². The third-order valence-corrected chi connectivity index (χ3v) is 2.69. The summed E-state index contributed by atoms with van der Waals surface area (Å²) in [5, 5.41) is -0.102. The van der Waals surface area contributed by atoms with Crippen LogP contribution in [0.4, 0.5) is 8.78 Å². The van der Waals surface area contributed by atoms with Crippen molar-refractivity contribution in [3.63, 3.8) is 0 Å². The average molecular weight is 230 g/mol. The second kappa shape index (κ2) is 4.28. The third kappa shape index (κ3) is 2.18. The van der Waals surface area contributed by atoms with Crippen LogP contribution in [-0.4, -0.2) is 0 Å². The summed E-state index contributed by atoms with van der Waals surface area (Å²) < 4.78 is 32.2. The number of hydrogen-bond acceptors (Lipinski definition) is 1. The van der Waals surface area contributed by atoms with Gasteiger partial charge in [-0.15, -0.1) is 0 Å². The van der Waals surface area contributed by atoms with Gasteiger partial charge in [-0.1, -0.05) is 15.8 Å². The second-order valence-electron chi connectivity index (χ2n) is 3.42. The molecule has 1 atom stereocenters. The van der Waals surface area contributed by atoms with E-state index in [4.69, 9.17) is 4.74 Å². The Morgan fingerprint density at radius 1 is 1.20 bits per heavy atom. The van der Waals surface area contributed by atoms with Crippen molar-refractivity contribution >= 4 is 14.5 Å². The van der Waals surface area contributed by atoms with Crippen molar-refractivity contribution in [1.29, 1.82) is 0 Å². The van der Waals surface area contributed by atoms with Gasteiger partial charge in [0.1, 0.15) is 5.82 Å². The third-order valence-electron chi connectivity index (χ3n) is 2.18. The highest BCUT2D eigenvalue weighted by atomic mass is 31.0. The molecule has 0 saturated carbocycles. The quantitative estimate of drug-likeness (QED) is 0.560. The first-order valence-corrected chi connectivity index (χ1v) is 5.01. The zero-order chi connectivity index (χ0) is 11.7. The molecule has 1 rings (SSSR count). The minimum atomic E-state index is -0.691. The predicted molar refractivity (Wildman–Crippen MR) is 60.6 cm³/mol. The molecule has 0 fully saturated rings. The fourth-order valence-electron chi connectivity index (χ4n) is 1.22. The molecule has 0 aliphatic heterocycles. The molecule has 0 spiro atoms. The molecule has 0 aromatic heterocycles. The maximum atomic E-state index is 13.6. The van der Waals surface area contributed by atoms with E-state index in [2.05, 4.69) is 6.58 Å². The van der Waals surface area contributed by atoms with Gasteiger partial charge in [-0.25, -0.2) is 8.78 Å². The summed E-state index contributed by atoms with van der Waals surface area (Å²) >= 11 is 0. The Kier molecular flexibility index (Phi) is 3.46. The Bertz CT molecular complexity index is 398. The smallest absolute Gasteiger partial charge is 0.176 e. The molecule has 15 heavy (non-hydrogen) atoms. The first kappa shape index (κ1) is 12.1. The molecule has 0 radical (unpaired) electrons. The summed E-state index contributed by atoms with van der Waals surface area (Å²) in [5.74, 6) is -0.827. The summed E-state index contributed by atoms with van der Waals surface area (Å²) in [6, 6.07) is 0. The predicted octanol–water partition coefficient (Wildman–Crippen LogP) is 2.99. The van der Waals surface area contributed by atoms with Gasteiger partial charge in [0.25, 0.3) is 0 Å². The Balaban J connectivity index is 3.45. The topological polar surface area (TPSA) is 9.23 Å². The van der Waals surface area contributed by atoms with Crippen LogP contribution in [0.25, 0.3) is 0 Å². The lowest BCUT2D eigenvalue weighted by atomic mass is 10.1. The summed E-state index contributed by atoms with van der Waals surface area (Å²) in [4.78, 5) is 0. The standard InChI is InChI=1S/C11H13F2OP/c1-5(2)14-10-7(4)6(3)8(12)11(15)9(10)13/h1,15H2,2-4H3. The van der Waals surface area contributed by atoms with Gasteiger partial charge in [0.15, 0.2) is 11.6 Å². The molecular formula is C11H13F2OP. The van der Waals surface area contributed by atoms with Crippen LogP contribution < -0.4 is 10.0 Å². The van der Waals surface area contributed by atoms with Gasteiger partial charge in [0.05, 0.1) is 5.76 Å². The molecule has 1 unspecified atom stereocenters. The van der Waals surface area contributed by atoms with Crippen LogP contribution in [0, 0.1) is 25.5 Å². The van der Waals surface area contributed by atoms with Crippen molar-refractivity contribution in [1.82, 2.24) is 0 Å². The molecule has 0 saturated heterocycles. The van der Waals surface area contributed by atoms with Gasteiger partial charge in [0.2, 0.25) is 0 Å².